The molecule has 0 atom stereocenters. The summed E-state index contributed by atoms with van der Waals surface area (Å²) in [6.45, 7) is 0.277. The van der Waals surface area contributed by atoms with Gasteiger partial charge in [0.25, 0.3) is 5.56 Å². The van der Waals surface area contributed by atoms with Crippen LogP contribution in [0, 0.1) is 5.82 Å². The Morgan fingerprint density at radius 2 is 1.61 bits per heavy atom. The largest absolute Gasteiger partial charge is 0.310 e. The van der Waals surface area contributed by atoms with E-state index in [-0.39, 0.29) is 12.1 Å². The minimum atomic E-state index is -0.402. The van der Waals surface area contributed by atoms with Gasteiger partial charge in [0, 0.05) is 22.3 Å². The zero-order chi connectivity index (χ0) is 16.4. The van der Waals surface area contributed by atoms with Crippen molar-refractivity contribution in [1.82, 2.24) is 4.57 Å². The second-order valence-electron chi connectivity index (χ2n) is 5.13. The molecule has 3 aromatic rings. The molecule has 0 radical (unpaired) electrons. The van der Waals surface area contributed by atoms with Gasteiger partial charge in [0.1, 0.15) is 5.82 Å². The molecule has 0 aliphatic rings. The first-order valence-corrected chi connectivity index (χ1v) is 7.69. The molecule has 116 valence electrons. The molecule has 3 rings (SSSR count). The molecule has 1 aromatic heterocycles. The van der Waals surface area contributed by atoms with Crippen LogP contribution in [0.3, 0.4) is 0 Å². The van der Waals surface area contributed by atoms with Gasteiger partial charge in [0.2, 0.25) is 0 Å². The van der Waals surface area contributed by atoms with Crippen LogP contribution < -0.4 is 5.56 Å². The second-order valence-corrected chi connectivity index (χ2v) is 5.97. The van der Waals surface area contributed by atoms with Crippen molar-refractivity contribution in [3.05, 3.63) is 92.6 Å². The van der Waals surface area contributed by atoms with E-state index < -0.39 is 5.82 Å². The molecule has 0 spiro atoms. The van der Waals surface area contributed by atoms with Crippen LogP contribution in [0.25, 0.3) is 11.1 Å². The van der Waals surface area contributed by atoms with Crippen molar-refractivity contribution in [3.63, 3.8) is 0 Å². The monoisotopic (exact) mass is 347 g/mol. The van der Waals surface area contributed by atoms with Crippen LogP contribution in [0.5, 0.6) is 0 Å². The summed E-state index contributed by atoms with van der Waals surface area (Å²) >= 11 is 11.9. The third-order valence-corrected chi connectivity index (χ3v) is 4.12. The maximum atomic E-state index is 13.1. The van der Waals surface area contributed by atoms with Crippen molar-refractivity contribution in [2.24, 2.45) is 0 Å². The summed E-state index contributed by atoms with van der Waals surface area (Å²) in [5, 5.41) is 0.953. The summed E-state index contributed by atoms with van der Waals surface area (Å²) in [7, 11) is 0. The first-order valence-electron chi connectivity index (χ1n) is 6.93. The van der Waals surface area contributed by atoms with Crippen molar-refractivity contribution in [2.75, 3.05) is 0 Å². The Hall–Kier alpha value is -2.10. The van der Waals surface area contributed by atoms with Crippen molar-refractivity contribution in [1.29, 1.82) is 0 Å². The zero-order valence-corrected chi connectivity index (χ0v) is 13.5. The first kappa shape index (κ1) is 15.8. The minimum Gasteiger partial charge on any atom is -0.310 e. The standard InChI is InChI=1S/C18H12Cl2FNO/c19-15-5-1-12(2-6-15)13-4-8-18(23)22(10-13)11-14-3-7-16(21)9-17(14)20/h1-10H,11H2. The molecular weight excluding hydrogens is 336 g/mol. The van der Waals surface area contributed by atoms with Crippen molar-refractivity contribution in [2.45, 2.75) is 6.54 Å². The summed E-state index contributed by atoms with van der Waals surface area (Å²) in [4.78, 5) is 12.1. The van der Waals surface area contributed by atoms with E-state index in [1.54, 1.807) is 35.0 Å². The fraction of sp³-hybridized carbons (Fsp3) is 0.0556. The maximum absolute atomic E-state index is 13.1. The minimum absolute atomic E-state index is 0.150. The fourth-order valence-electron chi connectivity index (χ4n) is 2.30. The lowest BCUT2D eigenvalue weighted by atomic mass is 10.1. The highest BCUT2D eigenvalue weighted by Crippen LogP contribution is 2.22. The van der Waals surface area contributed by atoms with Crippen LogP contribution >= 0.6 is 23.2 Å². The molecule has 1 heterocycles. The van der Waals surface area contributed by atoms with E-state index in [9.17, 15) is 9.18 Å². The van der Waals surface area contributed by atoms with E-state index in [1.807, 2.05) is 12.1 Å². The number of hydrogen-bond donors (Lipinski definition) is 0. The molecule has 0 fully saturated rings. The maximum Gasteiger partial charge on any atom is 0.250 e. The molecule has 5 heteroatoms. The Labute approximate surface area is 142 Å². The topological polar surface area (TPSA) is 22.0 Å². The van der Waals surface area contributed by atoms with Crippen molar-refractivity contribution >= 4 is 23.2 Å². The van der Waals surface area contributed by atoms with Gasteiger partial charge in [-0.25, -0.2) is 4.39 Å². The Bertz CT molecular complexity index is 904. The van der Waals surface area contributed by atoms with Crippen molar-refractivity contribution < 1.29 is 4.39 Å². The number of aromatic nitrogens is 1. The third-order valence-electron chi connectivity index (χ3n) is 3.52. The summed E-state index contributed by atoms with van der Waals surface area (Å²) in [5.74, 6) is -0.402. The van der Waals surface area contributed by atoms with E-state index >= 15 is 0 Å². The quantitative estimate of drug-likeness (QED) is 0.652. The lowest BCUT2D eigenvalue weighted by molar-refractivity contribution is 0.626. The van der Waals surface area contributed by atoms with E-state index in [0.717, 1.165) is 11.1 Å². The predicted molar refractivity (Wildman–Crippen MR) is 91.7 cm³/mol. The van der Waals surface area contributed by atoms with Crippen LogP contribution in [0.1, 0.15) is 5.56 Å². The van der Waals surface area contributed by atoms with E-state index in [0.29, 0.717) is 15.6 Å². The number of benzene rings is 2. The molecule has 0 unspecified atom stereocenters. The number of nitrogens with zero attached hydrogens (tertiary/aromatic N) is 1. The van der Waals surface area contributed by atoms with Gasteiger partial charge in [0.05, 0.1) is 6.54 Å². The molecule has 0 bridgehead atoms. The van der Waals surface area contributed by atoms with Gasteiger partial charge in [-0.05, 0) is 47.0 Å². The van der Waals surface area contributed by atoms with E-state index in [1.165, 1.54) is 18.2 Å². The summed E-state index contributed by atoms with van der Waals surface area (Å²) in [5.41, 5.74) is 2.37. The van der Waals surface area contributed by atoms with Gasteiger partial charge < -0.3 is 4.57 Å². The van der Waals surface area contributed by atoms with Gasteiger partial charge in [-0.3, -0.25) is 4.79 Å². The average Bonchev–Trinajstić information content (AvgIpc) is 2.53. The van der Waals surface area contributed by atoms with Gasteiger partial charge in [-0.1, -0.05) is 41.4 Å². The van der Waals surface area contributed by atoms with Crippen LogP contribution in [-0.4, -0.2) is 4.57 Å². The Kier molecular flexibility index (Phi) is 4.51. The van der Waals surface area contributed by atoms with Crippen LogP contribution in [0.2, 0.25) is 10.0 Å². The Morgan fingerprint density at radius 1 is 0.913 bits per heavy atom. The van der Waals surface area contributed by atoms with Gasteiger partial charge in [-0.15, -0.1) is 0 Å². The highest BCUT2D eigenvalue weighted by Gasteiger charge is 2.06. The molecule has 0 saturated carbocycles. The second kappa shape index (κ2) is 6.57. The number of rotatable bonds is 3. The van der Waals surface area contributed by atoms with Crippen molar-refractivity contribution in [3.8, 4) is 11.1 Å². The smallest absolute Gasteiger partial charge is 0.250 e. The van der Waals surface area contributed by atoms with E-state index in [2.05, 4.69) is 0 Å². The number of hydrogen-bond acceptors (Lipinski definition) is 1. The highest BCUT2D eigenvalue weighted by molar-refractivity contribution is 6.31. The fourth-order valence-corrected chi connectivity index (χ4v) is 2.65. The third kappa shape index (κ3) is 3.63. The predicted octanol–water partition coefficient (Wildman–Crippen LogP) is 5.01. The molecule has 0 aliphatic heterocycles. The molecular formula is C18H12Cl2FNO. The molecule has 2 nitrogen and oxygen atoms in total. The summed E-state index contributed by atoms with van der Waals surface area (Å²) in [6.07, 6.45) is 1.76. The normalized spacial score (nSPS) is 10.7. The van der Waals surface area contributed by atoms with Crippen LogP contribution in [-0.2, 0) is 6.54 Å². The molecule has 2 aromatic carbocycles. The molecule has 0 N–H and O–H groups in total. The SMILES string of the molecule is O=c1ccc(-c2ccc(Cl)cc2)cn1Cc1ccc(F)cc1Cl. The highest BCUT2D eigenvalue weighted by atomic mass is 35.5. The number of halogens is 3. The van der Waals surface area contributed by atoms with Crippen LogP contribution in [0.4, 0.5) is 4.39 Å². The average molecular weight is 348 g/mol. The van der Waals surface area contributed by atoms with Gasteiger partial charge in [0.15, 0.2) is 0 Å². The summed E-state index contributed by atoms with van der Waals surface area (Å²) < 4.78 is 14.7. The number of pyridine rings is 1. The Balaban J connectivity index is 1.97. The molecule has 0 saturated heterocycles. The van der Waals surface area contributed by atoms with E-state index in [4.69, 9.17) is 23.2 Å². The molecule has 23 heavy (non-hydrogen) atoms. The Morgan fingerprint density at radius 3 is 2.30 bits per heavy atom. The van der Waals surface area contributed by atoms with Crippen LogP contribution in [0.15, 0.2) is 65.6 Å². The van der Waals surface area contributed by atoms with Gasteiger partial charge in [-0.2, -0.15) is 0 Å². The lowest BCUT2D eigenvalue weighted by Gasteiger charge is -2.10. The van der Waals surface area contributed by atoms with Gasteiger partial charge >= 0.3 is 0 Å². The zero-order valence-electron chi connectivity index (χ0n) is 12.0. The molecule has 0 aliphatic carbocycles. The first-order chi connectivity index (χ1) is 11.0. The lowest BCUT2D eigenvalue weighted by Crippen LogP contribution is -2.19. The molecule has 0 amide bonds. The summed E-state index contributed by atoms with van der Waals surface area (Å²) in [6, 6.07) is 14.8.